The molecule has 4 N–H and O–H groups in total. The fraction of sp³-hybridized carbons (Fsp3) is 0.167. The number of nitrogens with two attached hydrogens (primary N) is 1. The van der Waals surface area contributed by atoms with E-state index in [1.54, 1.807) is 6.07 Å². The lowest BCUT2D eigenvalue weighted by Crippen LogP contribution is -2.12. The van der Waals surface area contributed by atoms with E-state index in [4.69, 9.17) is 22.4 Å². The summed E-state index contributed by atoms with van der Waals surface area (Å²) in [6.07, 6.45) is 1.42. The number of carbonyl (C=O) groups is 1. The summed E-state index contributed by atoms with van der Waals surface area (Å²) in [7, 11) is 0. The summed E-state index contributed by atoms with van der Waals surface area (Å²) >= 11 is 7.31. The van der Waals surface area contributed by atoms with E-state index in [9.17, 15) is 4.79 Å². The molecule has 0 aromatic carbocycles. The molecule has 2 aromatic heterocycles. The molecule has 2 heterocycles. The molecule has 0 amide bonds. The highest BCUT2D eigenvalue weighted by Gasteiger charge is 2.15. The number of carboxylic acids is 1. The Morgan fingerprint density at radius 2 is 2.32 bits per heavy atom. The van der Waals surface area contributed by atoms with Crippen LogP contribution in [-0.4, -0.2) is 16.1 Å². The number of nitrogens with one attached hydrogen (secondary N) is 1. The third-order valence-corrected chi connectivity index (χ3v) is 3.93. The van der Waals surface area contributed by atoms with Crippen molar-refractivity contribution >= 4 is 40.4 Å². The molecule has 5 nitrogen and oxygen atoms in total. The number of hydrogen-bond acceptors (Lipinski definition) is 5. The van der Waals surface area contributed by atoms with Crippen LogP contribution in [0.1, 0.15) is 28.2 Å². The van der Waals surface area contributed by atoms with Crippen molar-refractivity contribution in [3.05, 3.63) is 39.2 Å². The quantitative estimate of drug-likeness (QED) is 0.806. The molecule has 0 aliphatic carbocycles. The Labute approximate surface area is 119 Å². The molecule has 0 saturated heterocycles. The smallest absolute Gasteiger partial charge is 0.339 e. The topological polar surface area (TPSA) is 88.2 Å². The van der Waals surface area contributed by atoms with E-state index >= 15 is 0 Å². The van der Waals surface area contributed by atoms with Crippen LogP contribution in [0, 0.1) is 0 Å². The van der Waals surface area contributed by atoms with Crippen molar-refractivity contribution < 1.29 is 9.90 Å². The maximum Gasteiger partial charge on any atom is 0.339 e. The first-order chi connectivity index (χ1) is 8.97. The van der Waals surface area contributed by atoms with Gasteiger partial charge in [-0.15, -0.1) is 11.3 Å². The summed E-state index contributed by atoms with van der Waals surface area (Å²) in [6.45, 7) is 1.91. The number of nitrogen functional groups attached to an aromatic ring is 1. The fourth-order valence-electron chi connectivity index (χ4n) is 1.60. The second kappa shape index (κ2) is 5.46. The average molecular weight is 298 g/mol. The maximum absolute atomic E-state index is 11.1. The predicted molar refractivity (Wildman–Crippen MR) is 77.0 cm³/mol. The van der Waals surface area contributed by atoms with Gasteiger partial charge in [0.1, 0.15) is 11.4 Å². The van der Waals surface area contributed by atoms with Crippen LogP contribution >= 0.6 is 22.9 Å². The molecule has 1 atom stereocenters. The summed E-state index contributed by atoms with van der Waals surface area (Å²) in [5.74, 6) is -0.780. The second-order valence-corrected chi connectivity index (χ2v) is 5.72. The highest BCUT2D eigenvalue weighted by Crippen LogP contribution is 2.29. The Balaban J connectivity index is 2.26. The zero-order valence-electron chi connectivity index (χ0n) is 10.1. The maximum atomic E-state index is 11.1. The van der Waals surface area contributed by atoms with Crippen LogP contribution in [-0.2, 0) is 0 Å². The summed E-state index contributed by atoms with van der Waals surface area (Å²) in [4.78, 5) is 16.2. The van der Waals surface area contributed by atoms with Gasteiger partial charge in [-0.3, -0.25) is 0 Å². The Morgan fingerprint density at radius 1 is 1.58 bits per heavy atom. The summed E-state index contributed by atoms with van der Waals surface area (Å²) < 4.78 is 0.687. The fourth-order valence-corrected chi connectivity index (χ4v) is 2.66. The van der Waals surface area contributed by atoms with Gasteiger partial charge in [0.05, 0.1) is 22.3 Å². The molecule has 1 unspecified atom stereocenters. The van der Waals surface area contributed by atoms with Crippen LogP contribution < -0.4 is 11.1 Å². The van der Waals surface area contributed by atoms with Crippen LogP contribution in [0.5, 0.6) is 0 Å². The number of aromatic carboxylic acids is 1. The van der Waals surface area contributed by atoms with Crippen molar-refractivity contribution in [2.24, 2.45) is 0 Å². The lowest BCUT2D eigenvalue weighted by atomic mass is 10.2. The lowest BCUT2D eigenvalue weighted by molar-refractivity contribution is 0.0697. The van der Waals surface area contributed by atoms with Gasteiger partial charge in [0.2, 0.25) is 0 Å². The van der Waals surface area contributed by atoms with Gasteiger partial charge in [-0.2, -0.15) is 0 Å². The minimum atomic E-state index is -1.07. The molecule has 0 spiro atoms. The lowest BCUT2D eigenvalue weighted by Gasteiger charge is -2.14. The summed E-state index contributed by atoms with van der Waals surface area (Å²) in [5, 5.41) is 12.2. The van der Waals surface area contributed by atoms with Gasteiger partial charge >= 0.3 is 5.97 Å². The average Bonchev–Trinajstić information content (AvgIpc) is 2.78. The van der Waals surface area contributed by atoms with E-state index in [-0.39, 0.29) is 11.6 Å². The summed E-state index contributed by atoms with van der Waals surface area (Å²) in [5.41, 5.74) is 5.91. The van der Waals surface area contributed by atoms with Crippen molar-refractivity contribution in [1.82, 2.24) is 4.98 Å². The number of hydrogen-bond donors (Lipinski definition) is 3. The van der Waals surface area contributed by atoms with Gasteiger partial charge < -0.3 is 16.2 Å². The van der Waals surface area contributed by atoms with Crippen LogP contribution in [0.25, 0.3) is 0 Å². The van der Waals surface area contributed by atoms with Gasteiger partial charge in [0, 0.05) is 4.88 Å². The van der Waals surface area contributed by atoms with Gasteiger partial charge in [0.15, 0.2) is 0 Å². The second-order valence-electron chi connectivity index (χ2n) is 3.98. The van der Waals surface area contributed by atoms with Crippen molar-refractivity contribution in [3.8, 4) is 0 Å². The largest absolute Gasteiger partial charge is 0.478 e. The molecule has 0 aliphatic heterocycles. The van der Waals surface area contributed by atoms with Gasteiger partial charge in [-0.05, 0) is 25.1 Å². The van der Waals surface area contributed by atoms with Gasteiger partial charge in [-0.1, -0.05) is 11.6 Å². The molecule has 100 valence electrons. The zero-order valence-corrected chi connectivity index (χ0v) is 11.6. The van der Waals surface area contributed by atoms with Crippen LogP contribution in [0.15, 0.2) is 24.4 Å². The normalized spacial score (nSPS) is 12.1. The molecule has 0 radical (unpaired) electrons. The van der Waals surface area contributed by atoms with E-state index in [1.807, 2.05) is 13.0 Å². The van der Waals surface area contributed by atoms with Crippen molar-refractivity contribution in [2.45, 2.75) is 13.0 Å². The molecular formula is C12H12ClN3O2S. The zero-order chi connectivity index (χ0) is 14.0. The Kier molecular flexibility index (Phi) is 3.92. The van der Waals surface area contributed by atoms with E-state index in [0.29, 0.717) is 15.8 Å². The van der Waals surface area contributed by atoms with E-state index in [2.05, 4.69) is 10.3 Å². The standard InChI is InChI=1S/C12H12ClN3O2S/c1-6(9-2-3-10(13)19-9)16-11-8(12(17)18)4-7(14)5-15-11/h2-6H,14H2,1H3,(H,15,16)(H,17,18). The van der Waals surface area contributed by atoms with Gasteiger partial charge in [0.25, 0.3) is 0 Å². The van der Waals surface area contributed by atoms with Crippen molar-refractivity contribution in [2.75, 3.05) is 11.1 Å². The third kappa shape index (κ3) is 3.15. The predicted octanol–water partition coefficient (Wildman–Crippen LogP) is 3.25. The number of thiophene rings is 1. The number of aromatic nitrogens is 1. The van der Waals surface area contributed by atoms with Crippen molar-refractivity contribution in [3.63, 3.8) is 0 Å². The van der Waals surface area contributed by atoms with Crippen LogP contribution in [0.2, 0.25) is 4.34 Å². The molecule has 0 fully saturated rings. The minimum Gasteiger partial charge on any atom is -0.478 e. The Bertz CT molecular complexity index is 615. The number of pyridine rings is 1. The number of carboxylic acid groups (broad SMARTS) is 1. The van der Waals surface area contributed by atoms with Gasteiger partial charge in [-0.25, -0.2) is 9.78 Å². The third-order valence-electron chi connectivity index (χ3n) is 2.51. The van der Waals surface area contributed by atoms with E-state index < -0.39 is 5.97 Å². The first kappa shape index (κ1) is 13.6. The molecule has 0 saturated carbocycles. The molecule has 19 heavy (non-hydrogen) atoms. The van der Waals surface area contributed by atoms with Crippen molar-refractivity contribution in [1.29, 1.82) is 0 Å². The molecule has 2 aromatic rings. The highest BCUT2D eigenvalue weighted by molar-refractivity contribution is 7.16. The number of halogens is 1. The van der Waals surface area contributed by atoms with E-state index in [1.165, 1.54) is 23.6 Å². The molecular weight excluding hydrogens is 286 g/mol. The number of rotatable bonds is 4. The minimum absolute atomic E-state index is 0.0505. The number of nitrogens with zero attached hydrogens (tertiary/aromatic N) is 1. The molecule has 7 heteroatoms. The molecule has 2 rings (SSSR count). The van der Waals surface area contributed by atoms with Crippen LogP contribution in [0.4, 0.5) is 11.5 Å². The Hall–Kier alpha value is -1.79. The highest BCUT2D eigenvalue weighted by atomic mass is 35.5. The van der Waals surface area contributed by atoms with Crippen LogP contribution in [0.3, 0.4) is 0 Å². The van der Waals surface area contributed by atoms with E-state index in [0.717, 1.165) is 4.88 Å². The monoisotopic (exact) mass is 297 g/mol. The number of anilines is 2. The Morgan fingerprint density at radius 3 is 2.89 bits per heavy atom. The SMILES string of the molecule is CC(Nc1ncc(N)cc1C(=O)O)c1ccc(Cl)s1. The first-order valence-electron chi connectivity index (χ1n) is 5.48. The summed E-state index contributed by atoms with van der Waals surface area (Å²) in [6, 6.07) is 4.98. The molecule has 0 bridgehead atoms. The first-order valence-corrected chi connectivity index (χ1v) is 6.67. The molecule has 0 aliphatic rings.